The number of Topliss-reactive ketones (excluding diaryl/α,β-unsaturated/α-hetero) is 1. The van der Waals surface area contributed by atoms with E-state index in [9.17, 15) is 13.2 Å². The van der Waals surface area contributed by atoms with Crippen LogP contribution >= 0.6 is 0 Å². The Labute approximate surface area is 155 Å². The molecule has 1 unspecified atom stereocenters. The van der Waals surface area contributed by atoms with Crippen LogP contribution in [0.15, 0.2) is 42.5 Å². The maximum absolute atomic E-state index is 12.1. The molecular weight excluding hydrogens is 346 g/mol. The fourth-order valence-electron chi connectivity index (χ4n) is 3.40. The second-order valence-corrected chi connectivity index (χ2v) is 9.65. The van der Waals surface area contributed by atoms with Crippen LogP contribution in [0.5, 0.6) is 0 Å². The summed E-state index contributed by atoms with van der Waals surface area (Å²) in [6.45, 7) is 4.98. The third kappa shape index (κ3) is 4.22. The molecule has 0 aromatic heterocycles. The van der Waals surface area contributed by atoms with Crippen LogP contribution in [0.2, 0.25) is 0 Å². The Hall–Kier alpha value is -1.98. The van der Waals surface area contributed by atoms with Crippen LogP contribution in [-0.4, -0.2) is 25.5 Å². The molecule has 138 valence electrons. The quantitative estimate of drug-likeness (QED) is 0.848. The summed E-state index contributed by atoms with van der Waals surface area (Å²) >= 11 is 0. The summed E-state index contributed by atoms with van der Waals surface area (Å²) < 4.78 is 27.1. The number of hydrogen-bond donors (Lipinski definition) is 1. The molecule has 4 nitrogen and oxygen atoms in total. The van der Waals surface area contributed by atoms with Gasteiger partial charge in [0.15, 0.2) is 0 Å². The highest BCUT2D eigenvalue weighted by Crippen LogP contribution is 2.29. The molecule has 0 fully saturated rings. The smallest absolute Gasteiger partial charge is 0.214 e. The zero-order valence-corrected chi connectivity index (χ0v) is 16.3. The third-order valence-corrected chi connectivity index (χ3v) is 6.71. The van der Waals surface area contributed by atoms with E-state index >= 15 is 0 Å². The summed E-state index contributed by atoms with van der Waals surface area (Å²) in [5.41, 5.74) is 5.58. The Morgan fingerprint density at radius 1 is 1.08 bits per heavy atom. The maximum atomic E-state index is 12.1. The number of rotatable bonds is 6. The topological polar surface area (TPSA) is 63.2 Å². The summed E-state index contributed by atoms with van der Waals surface area (Å²) in [6, 6.07) is 14.3. The number of hydrogen-bond acceptors (Lipinski definition) is 3. The Kier molecular flexibility index (Phi) is 5.30. The van der Waals surface area contributed by atoms with Crippen molar-refractivity contribution in [2.45, 2.75) is 51.3 Å². The summed E-state index contributed by atoms with van der Waals surface area (Å²) in [5.74, 6) is 0.149. The molecule has 1 N–H and O–H groups in total. The van der Waals surface area contributed by atoms with Gasteiger partial charge < -0.3 is 0 Å². The summed E-state index contributed by atoms with van der Waals surface area (Å²) in [6.07, 6.45) is 1.88. The van der Waals surface area contributed by atoms with Crippen molar-refractivity contribution in [1.82, 2.24) is 4.72 Å². The lowest BCUT2D eigenvalue weighted by Crippen LogP contribution is -2.39. The molecule has 0 saturated heterocycles. The van der Waals surface area contributed by atoms with E-state index in [1.807, 2.05) is 18.2 Å². The van der Waals surface area contributed by atoms with Gasteiger partial charge in [-0.15, -0.1) is 0 Å². The van der Waals surface area contributed by atoms with Crippen molar-refractivity contribution in [3.63, 3.8) is 0 Å². The third-order valence-electron chi connectivity index (χ3n) is 4.80. The lowest BCUT2D eigenvalue weighted by Gasteiger charge is -2.14. The van der Waals surface area contributed by atoms with E-state index in [0.29, 0.717) is 12.8 Å². The van der Waals surface area contributed by atoms with E-state index in [2.05, 4.69) is 29.0 Å². The molecule has 1 aliphatic rings. The first-order chi connectivity index (χ1) is 12.2. The maximum Gasteiger partial charge on any atom is 0.214 e. The van der Waals surface area contributed by atoms with Crippen molar-refractivity contribution in [3.8, 4) is 11.1 Å². The first kappa shape index (κ1) is 18.8. The number of carbonyl (C=O) groups excluding carboxylic acids is 1. The van der Waals surface area contributed by atoms with Crippen LogP contribution in [0.1, 0.15) is 37.5 Å². The van der Waals surface area contributed by atoms with Gasteiger partial charge in [0.25, 0.3) is 0 Å². The van der Waals surface area contributed by atoms with Crippen molar-refractivity contribution >= 4 is 15.8 Å². The Bertz CT molecular complexity index is 932. The van der Waals surface area contributed by atoms with Crippen LogP contribution in [-0.2, 0) is 34.1 Å². The van der Waals surface area contributed by atoms with Gasteiger partial charge in [0.2, 0.25) is 10.0 Å². The molecule has 0 aliphatic heterocycles. The predicted molar refractivity (Wildman–Crippen MR) is 105 cm³/mol. The minimum Gasteiger partial charge on any atom is -0.300 e. The van der Waals surface area contributed by atoms with Crippen molar-refractivity contribution in [2.24, 2.45) is 0 Å². The summed E-state index contributed by atoms with van der Waals surface area (Å²) in [7, 11) is -3.26. The lowest BCUT2D eigenvalue weighted by atomic mass is 9.98. The van der Waals surface area contributed by atoms with Gasteiger partial charge in [-0.3, -0.25) is 4.79 Å². The van der Waals surface area contributed by atoms with Gasteiger partial charge >= 0.3 is 0 Å². The molecular formula is C21H25NO3S. The highest BCUT2D eigenvalue weighted by Gasteiger charge is 2.27. The van der Waals surface area contributed by atoms with Gasteiger partial charge in [-0.05, 0) is 61.4 Å². The van der Waals surface area contributed by atoms with Gasteiger partial charge in [0, 0.05) is 12.5 Å². The van der Waals surface area contributed by atoms with Crippen LogP contribution in [0, 0.1) is 0 Å². The molecule has 1 aliphatic carbocycles. The van der Waals surface area contributed by atoms with Crippen LogP contribution < -0.4 is 4.72 Å². The molecule has 2 aromatic rings. The number of ketones is 1. The van der Waals surface area contributed by atoms with Crippen molar-refractivity contribution in [1.29, 1.82) is 0 Å². The van der Waals surface area contributed by atoms with E-state index in [1.165, 1.54) is 11.1 Å². The molecule has 3 rings (SSSR count). The standard InChI is InChI=1S/C21H25NO3S/c1-14(2)26(24,25)22-21-12-19-8-7-18(11-20(19)13-21)17-6-4-5-16(10-17)9-15(3)23/h4-8,10-11,14,21-22H,9,12-13H2,1-3H3. The molecule has 0 amide bonds. The Balaban J connectivity index is 1.80. The highest BCUT2D eigenvalue weighted by molar-refractivity contribution is 7.90. The first-order valence-electron chi connectivity index (χ1n) is 8.96. The molecule has 5 heteroatoms. The van der Waals surface area contributed by atoms with Crippen molar-refractivity contribution in [2.75, 3.05) is 0 Å². The van der Waals surface area contributed by atoms with E-state index in [0.717, 1.165) is 23.1 Å². The molecule has 0 saturated carbocycles. The molecule has 0 bridgehead atoms. The summed E-state index contributed by atoms with van der Waals surface area (Å²) in [4.78, 5) is 11.4. The largest absolute Gasteiger partial charge is 0.300 e. The number of benzene rings is 2. The molecule has 0 spiro atoms. The number of sulfonamides is 1. The Morgan fingerprint density at radius 2 is 1.77 bits per heavy atom. The van der Waals surface area contributed by atoms with Crippen LogP contribution in [0.25, 0.3) is 11.1 Å². The molecule has 0 heterocycles. The van der Waals surface area contributed by atoms with E-state index < -0.39 is 15.3 Å². The first-order valence-corrected chi connectivity index (χ1v) is 10.5. The van der Waals surface area contributed by atoms with Gasteiger partial charge in [0.05, 0.1) is 5.25 Å². The van der Waals surface area contributed by atoms with Crippen LogP contribution in [0.4, 0.5) is 0 Å². The average Bonchev–Trinajstić information content (AvgIpc) is 2.94. The SMILES string of the molecule is CC(=O)Cc1cccc(-c2ccc3c(c2)CC(NS(=O)(=O)C(C)C)C3)c1. The van der Waals surface area contributed by atoms with E-state index in [4.69, 9.17) is 0 Å². The predicted octanol–water partition coefficient (Wildman–Crippen LogP) is 3.28. The van der Waals surface area contributed by atoms with Crippen molar-refractivity contribution < 1.29 is 13.2 Å². The molecule has 0 radical (unpaired) electrons. The second kappa shape index (κ2) is 7.33. The van der Waals surface area contributed by atoms with Crippen molar-refractivity contribution in [3.05, 3.63) is 59.2 Å². The van der Waals surface area contributed by atoms with E-state index in [-0.39, 0.29) is 11.8 Å². The lowest BCUT2D eigenvalue weighted by molar-refractivity contribution is -0.116. The van der Waals surface area contributed by atoms with Gasteiger partial charge in [-0.1, -0.05) is 42.5 Å². The zero-order valence-electron chi connectivity index (χ0n) is 15.5. The van der Waals surface area contributed by atoms with Crippen LogP contribution in [0.3, 0.4) is 0 Å². The van der Waals surface area contributed by atoms with E-state index in [1.54, 1.807) is 20.8 Å². The van der Waals surface area contributed by atoms with Gasteiger partial charge in [-0.25, -0.2) is 13.1 Å². The normalized spacial score (nSPS) is 16.7. The zero-order chi connectivity index (χ0) is 18.9. The average molecular weight is 372 g/mol. The fourth-order valence-corrected chi connectivity index (χ4v) is 4.30. The number of nitrogens with one attached hydrogen (secondary N) is 1. The fraction of sp³-hybridized carbons (Fsp3) is 0.381. The van der Waals surface area contributed by atoms with Gasteiger partial charge in [-0.2, -0.15) is 0 Å². The minimum atomic E-state index is -3.26. The summed E-state index contributed by atoms with van der Waals surface area (Å²) in [5, 5.41) is -0.425. The monoisotopic (exact) mass is 371 g/mol. The van der Waals surface area contributed by atoms with Gasteiger partial charge in [0.1, 0.15) is 5.78 Å². The Morgan fingerprint density at radius 3 is 2.46 bits per heavy atom. The minimum absolute atomic E-state index is 0.0725. The highest BCUT2D eigenvalue weighted by atomic mass is 32.2. The molecule has 26 heavy (non-hydrogen) atoms. The molecule has 2 aromatic carbocycles. The molecule has 1 atom stereocenters. The number of fused-ring (bicyclic) bond motifs is 1. The number of carbonyl (C=O) groups is 1. The second-order valence-electron chi connectivity index (χ2n) is 7.38.